The lowest BCUT2D eigenvalue weighted by Crippen LogP contribution is -2.21. The van der Waals surface area contributed by atoms with E-state index in [9.17, 15) is 0 Å². The zero-order chi connectivity index (χ0) is 20.4. The molecule has 10 nitrogen and oxygen atoms in total. The van der Waals surface area contributed by atoms with Crippen LogP contribution >= 0.6 is 0 Å². The smallest absolute Gasteiger partial charge is 0.232 e. The molecule has 4 rings (SSSR count). The monoisotopic (exact) mass is 389 g/mol. The minimum absolute atomic E-state index is 0.229. The first-order valence-corrected chi connectivity index (χ1v) is 8.99. The SMILES string of the molecule is Cc1ccn2ncnc(Nc3cccc(-c4noc(C(C)(C)CN=[N+]=[N-])n4)c3)c12. The first-order valence-electron chi connectivity index (χ1n) is 8.99. The molecule has 1 aromatic carbocycles. The molecule has 4 aromatic rings. The first-order chi connectivity index (χ1) is 14.0. The Kier molecular flexibility index (Phi) is 4.61. The molecule has 0 saturated heterocycles. The Bertz CT molecular complexity index is 1220. The van der Waals surface area contributed by atoms with Crippen LogP contribution in [0.4, 0.5) is 11.5 Å². The van der Waals surface area contributed by atoms with Crippen molar-refractivity contribution >= 4 is 17.0 Å². The second-order valence-electron chi connectivity index (χ2n) is 7.30. The molecular weight excluding hydrogens is 370 g/mol. The highest BCUT2D eigenvalue weighted by Crippen LogP contribution is 2.28. The van der Waals surface area contributed by atoms with Crippen LogP contribution in [0.5, 0.6) is 0 Å². The molecule has 0 bridgehead atoms. The number of benzene rings is 1. The normalized spacial score (nSPS) is 11.4. The van der Waals surface area contributed by atoms with E-state index < -0.39 is 5.41 Å². The molecule has 10 heteroatoms. The Balaban J connectivity index is 1.63. The highest BCUT2D eigenvalue weighted by molar-refractivity contribution is 5.77. The van der Waals surface area contributed by atoms with Gasteiger partial charge >= 0.3 is 0 Å². The van der Waals surface area contributed by atoms with Crippen LogP contribution in [-0.4, -0.2) is 31.3 Å². The lowest BCUT2D eigenvalue weighted by Gasteiger charge is -2.15. The minimum Gasteiger partial charge on any atom is -0.338 e. The predicted molar refractivity (Wildman–Crippen MR) is 108 cm³/mol. The van der Waals surface area contributed by atoms with Gasteiger partial charge in [0, 0.05) is 34.3 Å². The Hall–Kier alpha value is -3.91. The van der Waals surface area contributed by atoms with Crippen molar-refractivity contribution in [1.29, 1.82) is 0 Å². The van der Waals surface area contributed by atoms with E-state index in [1.807, 2.05) is 57.3 Å². The summed E-state index contributed by atoms with van der Waals surface area (Å²) < 4.78 is 7.20. The van der Waals surface area contributed by atoms with E-state index in [0.29, 0.717) is 17.5 Å². The molecule has 0 atom stereocenters. The first kappa shape index (κ1) is 18.5. The van der Waals surface area contributed by atoms with Crippen LogP contribution in [0, 0.1) is 6.92 Å². The minimum atomic E-state index is -0.549. The van der Waals surface area contributed by atoms with E-state index in [-0.39, 0.29) is 6.54 Å². The van der Waals surface area contributed by atoms with Crippen molar-refractivity contribution in [2.75, 3.05) is 11.9 Å². The van der Waals surface area contributed by atoms with Gasteiger partial charge in [0.15, 0.2) is 5.82 Å². The third-order valence-electron chi connectivity index (χ3n) is 4.57. The lowest BCUT2D eigenvalue weighted by atomic mass is 9.94. The molecule has 0 unspecified atom stereocenters. The van der Waals surface area contributed by atoms with Gasteiger partial charge in [0.2, 0.25) is 11.7 Å². The molecule has 0 radical (unpaired) electrons. The number of anilines is 2. The average Bonchev–Trinajstić information content (AvgIpc) is 3.35. The van der Waals surface area contributed by atoms with Crippen LogP contribution in [0.3, 0.4) is 0 Å². The molecule has 1 N–H and O–H groups in total. The van der Waals surface area contributed by atoms with E-state index >= 15 is 0 Å². The third kappa shape index (κ3) is 3.61. The molecule has 0 amide bonds. The molecular formula is C19H19N9O. The molecule has 0 aliphatic heterocycles. The van der Waals surface area contributed by atoms with Crippen LogP contribution in [0.1, 0.15) is 25.3 Å². The van der Waals surface area contributed by atoms with E-state index in [4.69, 9.17) is 10.1 Å². The number of rotatable bonds is 6. The van der Waals surface area contributed by atoms with Crippen molar-refractivity contribution < 1.29 is 4.52 Å². The molecule has 0 spiro atoms. The number of nitrogens with one attached hydrogen (secondary N) is 1. The Morgan fingerprint density at radius 2 is 2.17 bits per heavy atom. The Morgan fingerprint density at radius 3 is 3.00 bits per heavy atom. The summed E-state index contributed by atoms with van der Waals surface area (Å²) in [6.45, 7) is 6.01. The largest absolute Gasteiger partial charge is 0.338 e. The zero-order valence-electron chi connectivity index (χ0n) is 16.2. The highest BCUT2D eigenvalue weighted by Gasteiger charge is 2.27. The van der Waals surface area contributed by atoms with Gasteiger partial charge in [-0.25, -0.2) is 9.50 Å². The fourth-order valence-electron chi connectivity index (χ4n) is 2.96. The number of aryl methyl sites for hydroxylation is 1. The van der Waals surface area contributed by atoms with Crippen molar-refractivity contribution in [3.8, 4) is 11.4 Å². The van der Waals surface area contributed by atoms with Crippen molar-refractivity contribution in [3.63, 3.8) is 0 Å². The Labute approximate surface area is 166 Å². The van der Waals surface area contributed by atoms with Crippen LogP contribution in [0.25, 0.3) is 27.3 Å². The molecule has 0 fully saturated rings. The summed E-state index contributed by atoms with van der Waals surface area (Å²) in [5, 5.41) is 15.3. The van der Waals surface area contributed by atoms with E-state index in [1.54, 1.807) is 4.52 Å². The highest BCUT2D eigenvalue weighted by atomic mass is 16.5. The number of nitrogens with zero attached hydrogens (tertiary/aromatic N) is 8. The zero-order valence-corrected chi connectivity index (χ0v) is 16.2. The molecule has 0 saturated carbocycles. The van der Waals surface area contributed by atoms with E-state index in [0.717, 1.165) is 22.3 Å². The molecule has 0 aliphatic carbocycles. The number of hydrogen-bond donors (Lipinski definition) is 1. The summed E-state index contributed by atoms with van der Waals surface area (Å²) in [7, 11) is 0. The second-order valence-corrected chi connectivity index (χ2v) is 7.30. The van der Waals surface area contributed by atoms with Gasteiger partial charge in [-0.1, -0.05) is 36.3 Å². The summed E-state index contributed by atoms with van der Waals surface area (Å²) in [6.07, 6.45) is 3.41. The van der Waals surface area contributed by atoms with Gasteiger partial charge in [0.05, 0.1) is 0 Å². The summed E-state index contributed by atoms with van der Waals surface area (Å²) in [5.74, 6) is 1.59. The van der Waals surface area contributed by atoms with Gasteiger partial charge in [0.25, 0.3) is 0 Å². The van der Waals surface area contributed by atoms with Crippen molar-refractivity contribution in [2.24, 2.45) is 5.11 Å². The third-order valence-corrected chi connectivity index (χ3v) is 4.57. The topological polar surface area (TPSA) is 130 Å². The van der Waals surface area contributed by atoms with E-state index in [2.05, 4.69) is 35.6 Å². The van der Waals surface area contributed by atoms with Gasteiger partial charge in [-0.2, -0.15) is 10.1 Å². The number of hydrogen-bond acceptors (Lipinski definition) is 7. The maximum Gasteiger partial charge on any atom is 0.232 e. The summed E-state index contributed by atoms with van der Waals surface area (Å²) in [5.41, 5.74) is 11.6. The number of aromatic nitrogens is 5. The van der Waals surface area contributed by atoms with Gasteiger partial charge < -0.3 is 9.84 Å². The molecule has 29 heavy (non-hydrogen) atoms. The molecule has 3 heterocycles. The van der Waals surface area contributed by atoms with Gasteiger partial charge in [0.1, 0.15) is 11.8 Å². The number of fused-ring (bicyclic) bond motifs is 1. The van der Waals surface area contributed by atoms with Crippen LogP contribution in [-0.2, 0) is 5.41 Å². The summed E-state index contributed by atoms with van der Waals surface area (Å²) in [4.78, 5) is 11.7. The van der Waals surface area contributed by atoms with Crippen LogP contribution < -0.4 is 5.32 Å². The van der Waals surface area contributed by atoms with Crippen molar-refractivity contribution in [1.82, 2.24) is 24.7 Å². The maximum absolute atomic E-state index is 8.55. The van der Waals surface area contributed by atoms with Crippen LogP contribution in [0.15, 0.2) is 52.5 Å². The molecule has 146 valence electrons. The van der Waals surface area contributed by atoms with Gasteiger partial charge in [-0.05, 0) is 36.2 Å². The van der Waals surface area contributed by atoms with Crippen molar-refractivity contribution in [3.05, 3.63) is 64.8 Å². The fourth-order valence-corrected chi connectivity index (χ4v) is 2.96. The summed E-state index contributed by atoms with van der Waals surface area (Å²) in [6, 6.07) is 9.66. The van der Waals surface area contributed by atoms with Crippen LogP contribution in [0.2, 0.25) is 0 Å². The molecule has 3 aromatic heterocycles. The Morgan fingerprint density at radius 1 is 1.31 bits per heavy atom. The fraction of sp³-hybridized carbons (Fsp3) is 0.263. The maximum atomic E-state index is 8.55. The van der Waals surface area contributed by atoms with E-state index in [1.165, 1.54) is 6.33 Å². The van der Waals surface area contributed by atoms with Gasteiger partial charge in [-0.15, -0.1) is 0 Å². The standard InChI is InChI=1S/C19H19N9O/c1-12-7-8-28-15(12)17(21-11-23-28)24-14-6-4-5-13(9-14)16-25-18(29-26-16)19(2,3)10-22-27-20/h4-9,11H,10H2,1-3H3,(H,21,23,24). The summed E-state index contributed by atoms with van der Waals surface area (Å²) >= 11 is 0. The lowest BCUT2D eigenvalue weighted by molar-refractivity contribution is 0.311. The molecule has 0 aliphatic rings. The number of azide groups is 1. The predicted octanol–water partition coefficient (Wildman–Crippen LogP) is 4.42. The average molecular weight is 389 g/mol. The van der Waals surface area contributed by atoms with Crippen molar-refractivity contribution in [2.45, 2.75) is 26.2 Å². The second kappa shape index (κ2) is 7.25. The van der Waals surface area contributed by atoms with Gasteiger partial charge in [-0.3, -0.25) is 0 Å². The quantitative estimate of drug-likeness (QED) is 0.295.